The average molecular weight is 1230 g/mol. The molecule has 0 aliphatic carbocycles. The molecule has 2 heterocycles. The van der Waals surface area contributed by atoms with Gasteiger partial charge in [-0.1, -0.05) is 76.7 Å². The number of nitrogens with zero attached hydrogens (tertiary/aromatic N) is 4. The number of alkyl halides is 6. The Bertz CT molecular complexity index is 3170. The van der Waals surface area contributed by atoms with Crippen molar-refractivity contribution >= 4 is 129 Å². The van der Waals surface area contributed by atoms with Crippen LogP contribution in [0.15, 0.2) is 134 Å². The number of nitrogens with one attached hydrogen (secondary N) is 2. The highest BCUT2D eigenvalue weighted by Crippen LogP contribution is 2.39. The van der Waals surface area contributed by atoms with Crippen LogP contribution >= 0.6 is 85.9 Å². The molecule has 13 nitrogen and oxygen atoms in total. The number of amides is 1. The molecule has 6 rings (SSSR count). The van der Waals surface area contributed by atoms with Gasteiger partial charge in [0, 0.05) is 41.9 Å². The third-order valence-electron chi connectivity index (χ3n) is 9.30. The van der Waals surface area contributed by atoms with E-state index in [9.17, 15) is 48.0 Å². The van der Waals surface area contributed by atoms with E-state index in [2.05, 4.69) is 30.6 Å². The second-order valence-electron chi connectivity index (χ2n) is 13.9. The Hall–Kier alpha value is -4.34. The molecule has 6 aromatic rings. The molecule has 0 atom stereocenters. The molecule has 0 saturated carbocycles. The van der Waals surface area contributed by atoms with Crippen LogP contribution in [0, 0.1) is 5.41 Å². The zero-order valence-electron chi connectivity index (χ0n) is 37.5. The molecule has 1 amide bonds. The summed E-state index contributed by atoms with van der Waals surface area (Å²) in [5, 5.41) is 8.75. The Balaban J connectivity index is 0.000000252. The Morgan fingerprint density at radius 3 is 1.75 bits per heavy atom. The van der Waals surface area contributed by atoms with Gasteiger partial charge < -0.3 is 4.74 Å². The summed E-state index contributed by atoms with van der Waals surface area (Å²) in [6.07, 6.45) is -3.36. The van der Waals surface area contributed by atoms with E-state index in [1.54, 1.807) is 49.1 Å². The molecule has 72 heavy (non-hydrogen) atoms. The summed E-state index contributed by atoms with van der Waals surface area (Å²) in [7, 11) is -4.62. The highest BCUT2D eigenvalue weighted by molar-refractivity contribution is 9.10. The van der Waals surface area contributed by atoms with Gasteiger partial charge in [0.05, 0.1) is 70.8 Å². The minimum absolute atomic E-state index is 0.00265. The van der Waals surface area contributed by atoms with E-state index < -0.39 is 70.1 Å². The van der Waals surface area contributed by atoms with Crippen molar-refractivity contribution in [3.63, 3.8) is 0 Å². The lowest BCUT2D eigenvalue weighted by atomic mass is 10.1. The van der Waals surface area contributed by atoms with Crippen molar-refractivity contribution in [1.82, 2.24) is 15.0 Å². The first-order chi connectivity index (χ1) is 33.6. The van der Waals surface area contributed by atoms with Gasteiger partial charge >= 0.3 is 12.4 Å². The van der Waals surface area contributed by atoms with Gasteiger partial charge in [-0.05, 0) is 95.2 Å². The lowest BCUT2D eigenvalue weighted by Gasteiger charge is -2.24. The summed E-state index contributed by atoms with van der Waals surface area (Å²) in [5.74, 6) is -0.127. The van der Waals surface area contributed by atoms with Crippen LogP contribution in [0.2, 0.25) is 20.1 Å². The van der Waals surface area contributed by atoms with Gasteiger partial charge in [0.25, 0.3) is 26.0 Å². The first-order valence-corrected chi connectivity index (χ1v) is 27.2. The lowest BCUT2D eigenvalue weighted by molar-refractivity contribution is -0.138. The van der Waals surface area contributed by atoms with Crippen LogP contribution in [0.4, 0.5) is 37.7 Å². The summed E-state index contributed by atoms with van der Waals surface area (Å²) in [5.41, 5.74) is -1.65. The van der Waals surface area contributed by atoms with Gasteiger partial charge in [-0.25, -0.2) is 31.2 Å². The molecule has 0 aliphatic rings. The number of hydrogen-bond donors (Lipinski definition) is 2. The van der Waals surface area contributed by atoms with Crippen LogP contribution < -0.4 is 9.03 Å². The van der Waals surface area contributed by atoms with Crippen molar-refractivity contribution < 1.29 is 57.5 Å². The predicted molar refractivity (Wildman–Crippen MR) is 273 cm³/mol. The second kappa shape index (κ2) is 25.7. The molecular weight excluding hydrogens is 1190 g/mol. The Morgan fingerprint density at radius 1 is 0.736 bits per heavy atom. The van der Waals surface area contributed by atoms with E-state index in [0.717, 1.165) is 38.4 Å². The van der Waals surface area contributed by atoms with Crippen LogP contribution in [0.3, 0.4) is 0 Å². The molecule has 2 aromatic heterocycles. The van der Waals surface area contributed by atoms with Crippen molar-refractivity contribution in [1.29, 1.82) is 5.41 Å². The molecule has 28 heteroatoms. The van der Waals surface area contributed by atoms with Crippen LogP contribution in [-0.2, 0) is 42.0 Å². The molecule has 2 N–H and O–H groups in total. The summed E-state index contributed by atoms with van der Waals surface area (Å²) in [4.78, 5) is 25.0. The number of rotatable bonds is 14. The number of carbonyl (C=O) groups excluding carboxylic acids is 1. The number of carbonyl (C=O) groups is 1. The van der Waals surface area contributed by atoms with Gasteiger partial charge in [-0.3, -0.25) is 24.7 Å². The molecule has 0 bridgehead atoms. The monoisotopic (exact) mass is 1220 g/mol. The second-order valence-corrected chi connectivity index (χ2v) is 21.6. The smallest absolute Gasteiger partial charge is 0.363 e. The molecule has 0 spiro atoms. The summed E-state index contributed by atoms with van der Waals surface area (Å²) in [6, 6.07) is 21.5. The number of aromatic nitrogens is 2. The number of pyridine rings is 2. The topological polar surface area (TPSA) is 172 Å². The molecular formula is C44H37BrCl4F6N6O7S4. The first-order valence-electron chi connectivity index (χ1n) is 19.5. The van der Waals surface area contributed by atoms with E-state index in [1.165, 1.54) is 55.6 Å². The van der Waals surface area contributed by atoms with Gasteiger partial charge in [0.2, 0.25) is 0 Å². The fraction of sp³-hybridized carbons (Fsp3) is 0.182. The number of halogens is 11. The number of anilines is 2. The SMILES string of the molecule is COCN(c1cc(Cl)cnc1Br)S(=O)(=O)c1ccc(Cl)c(C(F)(F)F)c1.CON(C)C(=O)c1ccccc1SC.CSc1ccccc1C(=N)c1ncc(Cl)cc1NS(=O)(=O)c1ccc(Cl)c(C(F)(F)F)c1. The van der Waals surface area contributed by atoms with Crippen LogP contribution in [0.25, 0.3) is 0 Å². The quantitative estimate of drug-likeness (QED) is 0.0265. The minimum atomic E-state index is -4.84. The largest absolute Gasteiger partial charge is 0.417 e. The molecule has 0 unspecified atom stereocenters. The van der Waals surface area contributed by atoms with Gasteiger partial charge in [0.1, 0.15) is 17.0 Å². The fourth-order valence-electron chi connectivity index (χ4n) is 5.84. The highest BCUT2D eigenvalue weighted by Gasteiger charge is 2.37. The summed E-state index contributed by atoms with van der Waals surface area (Å²) in [6.45, 7) is -0.479. The predicted octanol–water partition coefficient (Wildman–Crippen LogP) is 13.4. The number of benzene rings is 4. The summed E-state index contributed by atoms with van der Waals surface area (Å²) < 4.78 is 138. The maximum absolute atomic E-state index is 13.2. The van der Waals surface area contributed by atoms with Gasteiger partial charge in [0.15, 0.2) is 0 Å². The van der Waals surface area contributed by atoms with Crippen LogP contribution in [0.1, 0.15) is 32.7 Å². The number of thioether (sulfide) groups is 2. The molecule has 0 fully saturated rings. The molecule has 0 saturated heterocycles. The zero-order chi connectivity index (χ0) is 53.9. The first kappa shape index (κ1) is 60.2. The highest BCUT2D eigenvalue weighted by atomic mass is 79.9. The Kier molecular flexibility index (Phi) is 21.5. The Labute approximate surface area is 447 Å². The van der Waals surface area contributed by atoms with Crippen molar-refractivity contribution in [3.05, 3.63) is 162 Å². The Morgan fingerprint density at radius 2 is 1.22 bits per heavy atom. The standard InChI is InChI=1S/C20H14Cl2F3N3O2S2.C14H10BrCl2F3N2O3S.C10H13NO2S/c1-31-17-5-3-2-4-13(17)18(26)19-16(8-11(21)10-27-19)28-32(29,30)12-6-7-15(22)14(9-12)20(23,24)25;1-25-7-22(12-4-8(16)6-21-13(12)15)26(23,24)9-2-3-11(17)10(5-9)14(18,19)20;1-11(13-2)10(12)8-6-4-5-7-9(8)14-3/h2-10,26,28H,1H3;2-6H,7H2,1H3;4-7H,1-3H3. The number of hydrogen-bond acceptors (Lipinski definition) is 12. The van der Waals surface area contributed by atoms with Crippen molar-refractivity contribution in [3.8, 4) is 0 Å². The number of ether oxygens (including phenoxy) is 1. The van der Waals surface area contributed by atoms with Crippen molar-refractivity contribution in [2.75, 3.05) is 49.5 Å². The molecule has 0 radical (unpaired) electrons. The summed E-state index contributed by atoms with van der Waals surface area (Å²) >= 11 is 29.0. The normalized spacial score (nSPS) is 11.7. The number of sulfonamides is 2. The van der Waals surface area contributed by atoms with Gasteiger partial charge in [-0.2, -0.15) is 26.3 Å². The zero-order valence-corrected chi connectivity index (χ0v) is 45.4. The van der Waals surface area contributed by atoms with E-state index >= 15 is 0 Å². The maximum atomic E-state index is 13.2. The lowest BCUT2D eigenvalue weighted by Crippen LogP contribution is -2.33. The third kappa shape index (κ3) is 15.4. The van der Waals surface area contributed by atoms with E-state index in [-0.39, 0.29) is 43.3 Å². The molecule has 386 valence electrons. The third-order valence-corrected chi connectivity index (χ3v) is 15.7. The maximum Gasteiger partial charge on any atom is 0.417 e. The van der Waals surface area contributed by atoms with Crippen molar-refractivity contribution in [2.45, 2.75) is 31.9 Å². The average Bonchev–Trinajstić information content (AvgIpc) is 3.33. The fourth-order valence-corrected chi connectivity index (χ4v) is 10.8. The number of methoxy groups -OCH3 is 1. The number of hydroxylamine groups is 2. The van der Waals surface area contributed by atoms with E-state index in [1.807, 2.05) is 30.7 Å². The van der Waals surface area contributed by atoms with E-state index in [0.29, 0.717) is 23.3 Å². The van der Waals surface area contributed by atoms with E-state index in [4.69, 9.17) is 61.4 Å². The van der Waals surface area contributed by atoms with Crippen molar-refractivity contribution in [2.24, 2.45) is 0 Å². The molecule has 4 aromatic carbocycles. The van der Waals surface area contributed by atoms with Gasteiger partial charge in [-0.15, -0.1) is 23.5 Å². The van der Waals surface area contributed by atoms with Crippen LogP contribution in [0.5, 0.6) is 0 Å². The minimum Gasteiger partial charge on any atom is -0.363 e. The molecule has 0 aliphatic heterocycles. The van der Waals surface area contributed by atoms with Crippen LogP contribution in [-0.4, -0.2) is 84.0 Å².